The Hall–Kier alpha value is -2.22. The lowest BCUT2D eigenvalue weighted by molar-refractivity contribution is -0.0836. The largest absolute Gasteiger partial charge is 0.426 e. The first kappa shape index (κ1) is 21.1. The molecule has 3 amide bonds. The molecular weight excluding hydrogens is 428 g/mol. The number of urea groups is 1. The van der Waals surface area contributed by atoms with E-state index in [0.717, 1.165) is 0 Å². The van der Waals surface area contributed by atoms with Crippen molar-refractivity contribution in [2.75, 3.05) is 5.32 Å². The van der Waals surface area contributed by atoms with Crippen molar-refractivity contribution in [1.82, 2.24) is 5.32 Å². The molecule has 0 aliphatic rings. The van der Waals surface area contributed by atoms with E-state index in [1.165, 1.54) is 30.3 Å². The lowest BCUT2D eigenvalue weighted by Crippen LogP contribution is -2.34. The first-order valence-electron chi connectivity index (χ1n) is 7.18. The molecule has 0 aromatic heterocycles. The molecule has 2 N–H and O–H groups in total. The molecule has 0 saturated heterocycles. The summed E-state index contributed by atoms with van der Waals surface area (Å²) in [6.07, 6.45) is -4.03. The first-order valence-corrected chi connectivity index (χ1v) is 8.32. The van der Waals surface area contributed by atoms with Gasteiger partial charge in [-0.2, -0.15) is 13.2 Å². The third-order valence-electron chi connectivity index (χ3n) is 3.16. The highest BCUT2D eigenvalue weighted by atomic mass is 35.5. The molecule has 0 spiro atoms. The van der Waals surface area contributed by atoms with E-state index < -0.39 is 23.1 Å². The van der Waals surface area contributed by atoms with Gasteiger partial charge in [0.2, 0.25) is 0 Å². The van der Waals surface area contributed by atoms with Crippen molar-refractivity contribution in [3.63, 3.8) is 0 Å². The Morgan fingerprint density at radius 1 is 1.00 bits per heavy atom. The lowest BCUT2D eigenvalue weighted by atomic mass is 10.2. The van der Waals surface area contributed by atoms with Gasteiger partial charge in [-0.05, 0) is 35.9 Å². The van der Waals surface area contributed by atoms with Crippen molar-refractivity contribution in [3.05, 3.63) is 68.7 Å². The number of hydrogen-bond donors (Lipinski definition) is 2. The average molecular weight is 438 g/mol. The molecule has 2 rings (SSSR count). The van der Waals surface area contributed by atoms with Crippen LogP contribution in [0.2, 0.25) is 10.0 Å². The molecule has 0 aliphatic heterocycles. The molecule has 10 heteroatoms. The summed E-state index contributed by atoms with van der Waals surface area (Å²) in [6.45, 7) is 0. The number of carbonyl (C=O) groups excluding carboxylic acids is 2. The minimum absolute atomic E-state index is 0.0112. The summed E-state index contributed by atoms with van der Waals surface area (Å²) < 4.78 is 37.4. The van der Waals surface area contributed by atoms with Gasteiger partial charge >= 0.3 is 12.2 Å². The van der Waals surface area contributed by atoms with E-state index >= 15 is 0 Å². The van der Waals surface area contributed by atoms with Crippen LogP contribution < -0.4 is 10.6 Å². The number of benzene rings is 2. The molecule has 142 valence electrons. The number of carbonyl (C=O) groups is 2. The summed E-state index contributed by atoms with van der Waals surface area (Å²) in [5.41, 5.74) is 0.275. The van der Waals surface area contributed by atoms with Gasteiger partial charge in [0.15, 0.2) is 0 Å². The lowest BCUT2D eigenvalue weighted by Gasteiger charge is -2.09. The third-order valence-corrected chi connectivity index (χ3v) is 4.14. The van der Waals surface area contributed by atoms with Crippen LogP contribution in [0.15, 0.2) is 47.5 Å². The van der Waals surface area contributed by atoms with Crippen LogP contribution in [0.1, 0.15) is 15.9 Å². The maximum atomic E-state index is 12.5. The van der Waals surface area contributed by atoms with Gasteiger partial charge in [-0.25, -0.2) is 4.79 Å². The Morgan fingerprint density at radius 3 is 2.26 bits per heavy atom. The van der Waals surface area contributed by atoms with Crippen LogP contribution in [0.4, 0.5) is 23.7 Å². The molecule has 2 aromatic carbocycles. The third kappa shape index (κ3) is 5.89. The number of nitrogens with one attached hydrogen (secondary N) is 2. The van der Waals surface area contributed by atoms with Gasteiger partial charge in [0.25, 0.3) is 5.91 Å². The van der Waals surface area contributed by atoms with E-state index in [1.54, 1.807) is 12.1 Å². The Bertz CT molecular complexity index is 915. The maximum absolute atomic E-state index is 12.5. The zero-order valence-corrected chi connectivity index (χ0v) is 15.5. The molecular formula is C17H10Cl3F3N2O2. The van der Waals surface area contributed by atoms with Crippen LogP contribution in [0.25, 0.3) is 6.08 Å². The highest BCUT2D eigenvalue weighted by Crippen LogP contribution is 2.32. The van der Waals surface area contributed by atoms with E-state index in [4.69, 9.17) is 34.8 Å². The van der Waals surface area contributed by atoms with Gasteiger partial charge in [-0.3, -0.25) is 10.1 Å². The number of halogens is 6. The van der Waals surface area contributed by atoms with E-state index in [-0.39, 0.29) is 26.9 Å². The Morgan fingerprint density at radius 2 is 1.67 bits per heavy atom. The number of allylic oxidation sites excluding steroid dienone is 1. The molecule has 0 fully saturated rings. The monoisotopic (exact) mass is 436 g/mol. The standard InChI is InChI=1S/C17H10Cl3F3N2O2/c18-12-4-2-1-3-11(12)15(26)25-16(27)24-10-6-5-9(13(19)8-10)7-14(20)17(21,22)23/h1-8H,(H2,24,25,26,27). The molecule has 4 nitrogen and oxygen atoms in total. The second-order valence-electron chi connectivity index (χ2n) is 5.11. The number of hydrogen-bond acceptors (Lipinski definition) is 2. The van der Waals surface area contributed by atoms with Crippen LogP contribution in [-0.2, 0) is 0 Å². The van der Waals surface area contributed by atoms with Crippen molar-refractivity contribution in [1.29, 1.82) is 0 Å². The fourth-order valence-electron chi connectivity index (χ4n) is 1.92. The van der Waals surface area contributed by atoms with Crippen LogP contribution in [0.3, 0.4) is 0 Å². The number of amides is 3. The van der Waals surface area contributed by atoms with Crippen LogP contribution in [0, 0.1) is 0 Å². The maximum Gasteiger partial charge on any atom is 0.426 e. The molecule has 0 aliphatic carbocycles. The minimum Gasteiger partial charge on any atom is -0.308 e. The fraction of sp³-hybridized carbons (Fsp3) is 0.0588. The summed E-state index contributed by atoms with van der Waals surface area (Å²) in [7, 11) is 0. The van der Waals surface area contributed by atoms with Gasteiger partial charge in [-0.1, -0.05) is 53.0 Å². The van der Waals surface area contributed by atoms with Gasteiger partial charge in [0.1, 0.15) is 5.03 Å². The second-order valence-corrected chi connectivity index (χ2v) is 6.34. The Balaban J connectivity index is 2.08. The topological polar surface area (TPSA) is 58.2 Å². The van der Waals surface area contributed by atoms with E-state index in [1.807, 2.05) is 0 Å². The molecule has 0 saturated carbocycles. The van der Waals surface area contributed by atoms with E-state index in [2.05, 4.69) is 10.6 Å². The zero-order valence-electron chi connectivity index (χ0n) is 13.2. The average Bonchev–Trinajstić information content (AvgIpc) is 2.56. The molecule has 0 atom stereocenters. The van der Waals surface area contributed by atoms with Gasteiger partial charge < -0.3 is 5.32 Å². The molecule has 0 bridgehead atoms. The Labute approximate surface area is 166 Å². The van der Waals surface area contributed by atoms with Crippen molar-refractivity contribution < 1.29 is 22.8 Å². The predicted molar refractivity (Wildman–Crippen MR) is 99.3 cm³/mol. The minimum atomic E-state index is -4.69. The van der Waals surface area contributed by atoms with Crippen molar-refractivity contribution in [3.8, 4) is 0 Å². The van der Waals surface area contributed by atoms with Crippen LogP contribution in [0.5, 0.6) is 0 Å². The van der Waals surface area contributed by atoms with Crippen LogP contribution in [-0.4, -0.2) is 18.1 Å². The summed E-state index contributed by atoms with van der Waals surface area (Å²) in [6, 6.07) is 9.03. The highest BCUT2D eigenvalue weighted by molar-refractivity contribution is 6.35. The zero-order chi connectivity index (χ0) is 20.2. The number of rotatable bonds is 3. The highest BCUT2D eigenvalue weighted by Gasteiger charge is 2.32. The van der Waals surface area contributed by atoms with Gasteiger partial charge in [0.05, 0.1) is 10.6 Å². The van der Waals surface area contributed by atoms with Crippen molar-refractivity contribution in [2.24, 2.45) is 0 Å². The summed E-state index contributed by atoms with van der Waals surface area (Å²) in [4.78, 5) is 23.9. The fourth-order valence-corrected chi connectivity index (χ4v) is 2.49. The Kier molecular flexibility index (Phi) is 6.75. The number of anilines is 1. The first-order chi connectivity index (χ1) is 12.6. The molecule has 0 unspecified atom stereocenters. The summed E-state index contributed by atoms with van der Waals surface area (Å²) >= 11 is 16.9. The van der Waals surface area contributed by atoms with Gasteiger partial charge in [0, 0.05) is 10.7 Å². The quantitative estimate of drug-likeness (QED) is 0.610. The molecule has 2 aromatic rings. The smallest absolute Gasteiger partial charge is 0.308 e. The molecule has 27 heavy (non-hydrogen) atoms. The van der Waals surface area contributed by atoms with E-state index in [0.29, 0.717) is 6.08 Å². The normalized spacial score (nSPS) is 11.9. The second kappa shape index (κ2) is 8.65. The molecule has 0 heterocycles. The van der Waals surface area contributed by atoms with Crippen LogP contribution >= 0.6 is 34.8 Å². The number of alkyl halides is 3. The van der Waals surface area contributed by atoms with E-state index in [9.17, 15) is 22.8 Å². The van der Waals surface area contributed by atoms with Gasteiger partial charge in [-0.15, -0.1) is 0 Å². The molecule has 0 radical (unpaired) electrons. The summed E-state index contributed by atoms with van der Waals surface area (Å²) in [5.74, 6) is -0.722. The summed E-state index contributed by atoms with van der Waals surface area (Å²) in [5, 5.41) is 3.17. The SMILES string of the molecule is O=C(NC(=O)c1ccccc1Cl)Nc1ccc(C=C(Cl)C(F)(F)F)c(Cl)c1. The van der Waals surface area contributed by atoms with Crippen molar-refractivity contribution in [2.45, 2.75) is 6.18 Å². The van der Waals surface area contributed by atoms with Crippen molar-refractivity contribution >= 4 is 58.5 Å². The number of imide groups is 1. The predicted octanol–water partition coefficient (Wildman–Crippen LogP) is 6.10.